The Morgan fingerprint density at radius 2 is 1.64 bits per heavy atom. The van der Waals surface area contributed by atoms with E-state index in [4.69, 9.17) is 5.53 Å². The van der Waals surface area contributed by atoms with Crippen LogP contribution >= 0.6 is 0 Å². The van der Waals surface area contributed by atoms with Crippen molar-refractivity contribution in [1.82, 2.24) is 0 Å². The van der Waals surface area contributed by atoms with Gasteiger partial charge in [-0.25, -0.2) is 0 Å². The van der Waals surface area contributed by atoms with E-state index in [1.54, 1.807) is 0 Å². The van der Waals surface area contributed by atoms with Crippen LogP contribution in [0.4, 0.5) is 0 Å². The van der Waals surface area contributed by atoms with Crippen molar-refractivity contribution >= 4 is 5.71 Å². The first-order valence-corrected chi connectivity index (χ1v) is 4.60. The number of fused-ring (bicyclic) bond motifs is 1. The first kappa shape index (κ1) is 7.05. The molecular formula is C9H14N2. The van der Waals surface area contributed by atoms with Crippen LogP contribution in [0.3, 0.4) is 0 Å². The number of hydrogen-bond donors (Lipinski definition) is 0. The molecule has 2 aliphatic carbocycles. The van der Waals surface area contributed by atoms with Gasteiger partial charge in [-0.3, -0.25) is 0 Å². The van der Waals surface area contributed by atoms with E-state index in [0.29, 0.717) is 0 Å². The Balaban J connectivity index is 2.09. The molecule has 0 heterocycles. The molecule has 2 aliphatic rings. The van der Waals surface area contributed by atoms with E-state index in [0.717, 1.165) is 30.4 Å². The summed E-state index contributed by atoms with van der Waals surface area (Å²) in [5, 5.41) is 0. The summed E-state index contributed by atoms with van der Waals surface area (Å²) in [6.07, 6.45) is 7.65. The molecule has 2 rings (SSSR count). The van der Waals surface area contributed by atoms with Gasteiger partial charge in [0.25, 0.3) is 5.71 Å². The van der Waals surface area contributed by atoms with Crippen LogP contribution in [0.1, 0.15) is 38.5 Å². The SMILES string of the molecule is [N-]=[N+]=C1CC2CCCCC2C1. The molecule has 0 saturated heterocycles. The molecule has 0 spiro atoms. The first-order valence-electron chi connectivity index (χ1n) is 4.60. The summed E-state index contributed by atoms with van der Waals surface area (Å²) in [6, 6.07) is 0. The molecule has 0 aromatic rings. The van der Waals surface area contributed by atoms with Gasteiger partial charge in [-0.15, -0.1) is 0 Å². The van der Waals surface area contributed by atoms with Gasteiger partial charge in [0.1, 0.15) is 0 Å². The highest BCUT2D eigenvalue weighted by Crippen LogP contribution is 2.40. The zero-order valence-corrected chi connectivity index (χ0v) is 6.79. The Hall–Kier alpha value is -0.620. The lowest BCUT2D eigenvalue weighted by atomic mass is 9.82. The molecule has 11 heavy (non-hydrogen) atoms. The zero-order valence-electron chi connectivity index (χ0n) is 6.79. The van der Waals surface area contributed by atoms with Gasteiger partial charge >= 0.3 is 0 Å². The van der Waals surface area contributed by atoms with Crippen molar-refractivity contribution in [2.75, 3.05) is 0 Å². The molecule has 0 N–H and O–H groups in total. The zero-order chi connectivity index (χ0) is 7.68. The highest BCUT2D eigenvalue weighted by Gasteiger charge is 2.37. The minimum absolute atomic E-state index is 0.856. The molecule has 0 aromatic heterocycles. The summed E-state index contributed by atoms with van der Waals surface area (Å²) in [6.45, 7) is 0. The van der Waals surface area contributed by atoms with Crippen LogP contribution in [-0.2, 0) is 0 Å². The van der Waals surface area contributed by atoms with E-state index in [9.17, 15) is 0 Å². The molecule has 2 heteroatoms. The standard InChI is InChI=1S/C9H14N2/c10-11-9-5-7-3-1-2-4-8(7)6-9/h7-8H,1-6H2. The molecule has 60 valence electrons. The van der Waals surface area contributed by atoms with E-state index >= 15 is 0 Å². The summed E-state index contributed by atoms with van der Waals surface area (Å²) in [4.78, 5) is 3.33. The average molecular weight is 150 g/mol. The lowest BCUT2D eigenvalue weighted by Crippen LogP contribution is -2.12. The Labute approximate surface area is 67.2 Å². The number of nitrogens with zero attached hydrogens (tertiary/aromatic N) is 2. The lowest BCUT2D eigenvalue weighted by molar-refractivity contribution is -0.00973. The second-order valence-corrected chi connectivity index (χ2v) is 3.88. The minimum Gasteiger partial charge on any atom is -0.362 e. The van der Waals surface area contributed by atoms with E-state index in [-0.39, 0.29) is 0 Å². The molecule has 0 bridgehead atoms. The van der Waals surface area contributed by atoms with E-state index in [2.05, 4.69) is 4.79 Å². The number of rotatable bonds is 0. The van der Waals surface area contributed by atoms with Crippen LogP contribution in [0.5, 0.6) is 0 Å². The van der Waals surface area contributed by atoms with Crippen LogP contribution in [0.25, 0.3) is 5.53 Å². The molecule has 2 atom stereocenters. The molecule has 2 nitrogen and oxygen atoms in total. The summed E-state index contributed by atoms with van der Waals surface area (Å²) in [7, 11) is 0. The van der Waals surface area contributed by atoms with Gasteiger partial charge in [-0.05, 0) is 24.7 Å². The van der Waals surface area contributed by atoms with Gasteiger partial charge in [0.05, 0.1) is 0 Å². The van der Waals surface area contributed by atoms with Gasteiger partial charge in [0, 0.05) is 12.8 Å². The van der Waals surface area contributed by atoms with Gasteiger partial charge < -0.3 is 5.53 Å². The smallest absolute Gasteiger partial charge is 0.269 e. The fraction of sp³-hybridized carbons (Fsp3) is 0.889. The molecule has 2 unspecified atom stereocenters. The molecule has 2 fully saturated rings. The first-order chi connectivity index (χ1) is 5.40. The normalized spacial score (nSPS) is 36.5. The molecule has 0 aliphatic heterocycles. The minimum atomic E-state index is 0.856. The molecule has 0 radical (unpaired) electrons. The number of hydrogen-bond acceptors (Lipinski definition) is 0. The fourth-order valence-corrected chi connectivity index (χ4v) is 2.59. The largest absolute Gasteiger partial charge is 0.362 e. The van der Waals surface area contributed by atoms with Gasteiger partial charge in [-0.1, -0.05) is 12.8 Å². The van der Waals surface area contributed by atoms with Crippen LogP contribution in [-0.4, -0.2) is 10.5 Å². The molecular weight excluding hydrogens is 136 g/mol. The maximum atomic E-state index is 8.60. The summed E-state index contributed by atoms with van der Waals surface area (Å²) in [5.74, 6) is 1.71. The van der Waals surface area contributed by atoms with Crippen LogP contribution in [0.2, 0.25) is 0 Å². The third kappa shape index (κ3) is 1.23. The average Bonchev–Trinajstić information content (AvgIpc) is 2.46. The predicted octanol–water partition coefficient (Wildman–Crippen LogP) is 2.26. The van der Waals surface area contributed by atoms with Crippen molar-refractivity contribution in [3.05, 3.63) is 5.53 Å². The van der Waals surface area contributed by atoms with Crippen molar-refractivity contribution in [3.63, 3.8) is 0 Å². The highest BCUT2D eigenvalue weighted by atomic mass is 14.9. The third-order valence-corrected chi connectivity index (χ3v) is 3.20. The van der Waals surface area contributed by atoms with Crippen molar-refractivity contribution in [2.24, 2.45) is 11.8 Å². The van der Waals surface area contributed by atoms with E-state index < -0.39 is 0 Å². The van der Waals surface area contributed by atoms with Gasteiger partial charge in [-0.2, -0.15) is 4.79 Å². The van der Waals surface area contributed by atoms with E-state index in [1.165, 1.54) is 25.7 Å². The highest BCUT2D eigenvalue weighted by molar-refractivity contribution is 5.81. The maximum absolute atomic E-state index is 8.60. The van der Waals surface area contributed by atoms with Crippen molar-refractivity contribution in [1.29, 1.82) is 0 Å². The third-order valence-electron chi connectivity index (χ3n) is 3.20. The Morgan fingerprint density at radius 3 is 2.09 bits per heavy atom. The van der Waals surface area contributed by atoms with Crippen LogP contribution < -0.4 is 0 Å². The fourth-order valence-electron chi connectivity index (χ4n) is 2.59. The monoisotopic (exact) mass is 150 g/mol. The quantitative estimate of drug-likeness (QED) is 0.375. The molecule has 2 saturated carbocycles. The van der Waals surface area contributed by atoms with Gasteiger partial charge in [0.15, 0.2) is 0 Å². The summed E-state index contributed by atoms with van der Waals surface area (Å²) in [5.41, 5.74) is 9.64. The second-order valence-electron chi connectivity index (χ2n) is 3.88. The van der Waals surface area contributed by atoms with Crippen molar-refractivity contribution < 1.29 is 4.79 Å². The Morgan fingerprint density at radius 1 is 1.09 bits per heavy atom. The molecule has 0 amide bonds. The lowest BCUT2D eigenvalue weighted by Gasteiger charge is -2.22. The van der Waals surface area contributed by atoms with Crippen LogP contribution in [0.15, 0.2) is 0 Å². The Kier molecular flexibility index (Phi) is 1.79. The van der Waals surface area contributed by atoms with Gasteiger partial charge in [0.2, 0.25) is 0 Å². The second kappa shape index (κ2) is 2.78. The topological polar surface area (TPSA) is 36.4 Å². The molecule has 0 aromatic carbocycles. The van der Waals surface area contributed by atoms with Crippen molar-refractivity contribution in [2.45, 2.75) is 38.5 Å². The Bertz CT molecular complexity index is 188. The summed E-state index contributed by atoms with van der Waals surface area (Å²) >= 11 is 0. The summed E-state index contributed by atoms with van der Waals surface area (Å²) < 4.78 is 0. The van der Waals surface area contributed by atoms with Crippen molar-refractivity contribution in [3.8, 4) is 0 Å². The van der Waals surface area contributed by atoms with Crippen LogP contribution in [0, 0.1) is 11.8 Å². The van der Waals surface area contributed by atoms with E-state index in [1.807, 2.05) is 0 Å². The maximum Gasteiger partial charge on any atom is 0.269 e. The predicted molar refractivity (Wildman–Crippen MR) is 43.3 cm³/mol.